The minimum atomic E-state index is 0.482. The first kappa shape index (κ1) is 11.4. The summed E-state index contributed by atoms with van der Waals surface area (Å²) in [6, 6.07) is 4.64. The van der Waals surface area contributed by atoms with Gasteiger partial charge in [-0.25, -0.2) is 4.98 Å². The Kier molecular flexibility index (Phi) is 3.41. The van der Waals surface area contributed by atoms with Gasteiger partial charge in [0.1, 0.15) is 11.5 Å². The zero-order chi connectivity index (χ0) is 11.5. The number of nitrogens with one attached hydrogen (secondary N) is 2. The molecule has 2 rings (SSSR count). The van der Waals surface area contributed by atoms with E-state index in [2.05, 4.69) is 53.6 Å². The summed E-state index contributed by atoms with van der Waals surface area (Å²) in [6.07, 6.45) is 0. The van der Waals surface area contributed by atoms with Crippen LogP contribution >= 0.6 is 11.3 Å². The number of thiophene rings is 1. The van der Waals surface area contributed by atoms with Crippen LogP contribution in [0.1, 0.15) is 25.4 Å². The minimum Gasteiger partial charge on any atom is -0.344 e. The molecule has 0 aliphatic rings. The molecule has 2 heterocycles. The summed E-state index contributed by atoms with van der Waals surface area (Å²) in [5.74, 6) is 1.01. The average Bonchev–Trinajstić information content (AvgIpc) is 2.83. The smallest absolute Gasteiger partial charge is 0.121 e. The number of aromatic amines is 1. The van der Waals surface area contributed by atoms with Crippen LogP contribution < -0.4 is 5.32 Å². The lowest BCUT2D eigenvalue weighted by molar-refractivity contribution is 0.575. The van der Waals surface area contributed by atoms with E-state index in [0.717, 1.165) is 23.8 Å². The molecule has 0 bridgehead atoms. The van der Waals surface area contributed by atoms with Gasteiger partial charge in [0.2, 0.25) is 0 Å². The Morgan fingerprint density at radius 1 is 1.50 bits per heavy atom. The molecule has 2 aromatic rings. The Morgan fingerprint density at radius 2 is 2.31 bits per heavy atom. The lowest BCUT2D eigenvalue weighted by Crippen LogP contribution is -2.22. The third kappa shape index (κ3) is 2.51. The highest BCUT2D eigenvalue weighted by atomic mass is 32.1. The Morgan fingerprint density at radius 3 is 2.94 bits per heavy atom. The van der Waals surface area contributed by atoms with Crippen LogP contribution in [0.3, 0.4) is 0 Å². The second-order valence-corrected chi connectivity index (χ2v) is 5.12. The summed E-state index contributed by atoms with van der Waals surface area (Å²) in [5, 5.41) is 5.44. The fraction of sp³-hybridized carbons (Fsp3) is 0.417. The normalized spacial score (nSPS) is 11.2. The summed E-state index contributed by atoms with van der Waals surface area (Å²) < 4.78 is 0. The molecule has 0 radical (unpaired) electrons. The largest absolute Gasteiger partial charge is 0.344 e. The Balaban J connectivity index is 2.16. The van der Waals surface area contributed by atoms with E-state index in [-0.39, 0.29) is 0 Å². The fourth-order valence-electron chi connectivity index (χ4n) is 1.56. The molecule has 0 aliphatic carbocycles. The van der Waals surface area contributed by atoms with E-state index in [1.807, 2.05) is 0 Å². The van der Waals surface area contributed by atoms with Crippen LogP contribution in [0.5, 0.6) is 0 Å². The molecule has 2 aromatic heterocycles. The minimum absolute atomic E-state index is 0.482. The van der Waals surface area contributed by atoms with Crippen molar-refractivity contribution in [1.82, 2.24) is 15.3 Å². The molecule has 16 heavy (non-hydrogen) atoms. The van der Waals surface area contributed by atoms with Crippen LogP contribution in [0.15, 0.2) is 17.5 Å². The standard InChI is InChI=1S/C12H17N3S/c1-8(2)13-7-11-14-9(3)12(15-11)10-5-4-6-16-10/h4-6,8,13H,7H2,1-3H3,(H,14,15). The van der Waals surface area contributed by atoms with Crippen LogP contribution in [0.25, 0.3) is 10.6 Å². The van der Waals surface area contributed by atoms with E-state index in [4.69, 9.17) is 0 Å². The van der Waals surface area contributed by atoms with Crippen molar-refractivity contribution < 1.29 is 0 Å². The van der Waals surface area contributed by atoms with Crippen molar-refractivity contribution in [3.05, 3.63) is 29.0 Å². The maximum absolute atomic E-state index is 4.62. The highest BCUT2D eigenvalue weighted by Crippen LogP contribution is 2.25. The predicted molar refractivity (Wildman–Crippen MR) is 68.6 cm³/mol. The summed E-state index contributed by atoms with van der Waals surface area (Å²) in [4.78, 5) is 9.16. The number of aromatic nitrogens is 2. The number of hydrogen-bond donors (Lipinski definition) is 2. The van der Waals surface area contributed by atoms with E-state index in [1.165, 1.54) is 4.88 Å². The van der Waals surface area contributed by atoms with Crippen molar-refractivity contribution >= 4 is 11.3 Å². The summed E-state index contributed by atoms with van der Waals surface area (Å²) in [6.45, 7) is 7.14. The van der Waals surface area contributed by atoms with Gasteiger partial charge in [0, 0.05) is 11.7 Å². The van der Waals surface area contributed by atoms with E-state index < -0.39 is 0 Å². The monoisotopic (exact) mass is 235 g/mol. The lowest BCUT2D eigenvalue weighted by atomic mass is 10.3. The third-order valence-electron chi connectivity index (χ3n) is 2.37. The quantitative estimate of drug-likeness (QED) is 0.855. The van der Waals surface area contributed by atoms with Gasteiger partial charge in [0.25, 0.3) is 0 Å². The van der Waals surface area contributed by atoms with E-state index in [1.54, 1.807) is 11.3 Å². The molecule has 86 valence electrons. The number of nitrogens with zero attached hydrogens (tertiary/aromatic N) is 1. The molecule has 0 aromatic carbocycles. The molecule has 3 nitrogen and oxygen atoms in total. The zero-order valence-electron chi connectivity index (χ0n) is 9.87. The third-order valence-corrected chi connectivity index (χ3v) is 3.24. The van der Waals surface area contributed by atoms with Gasteiger partial charge >= 0.3 is 0 Å². The van der Waals surface area contributed by atoms with E-state index in [0.29, 0.717) is 6.04 Å². The molecule has 0 saturated carbocycles. The van der Waals surface area contributed by atoms with Crippen molar-refractivity contribution in [2.75, 3.05) is 0 Å². The molecule has 2 N–H and O–H groups in total. The van der Waals surface area contributed by atoms with Crippen molar-refractivity contribution in [3.63, 3.8) is 0 Å². The molecule has 0 aliphatic heterocycles. The van der Waals surface area contributed by atoms with E-state index in [9.17, 15) is 0 Å². The molecule has 0 atom stereocenters. The highest BCUT2D eigenvalue weighted by molar-refractivity contribution is 7.13. The van der Waals surface area contributed by atoms with Crippen molar-refractivity contribution in [2.24, 2.45) is 0 Å². The van der Waals surface area contributed by atoms with Gasteiger partial charge in [-0.15, -0.1) is 11.3 Å². The Bertz CT molecular complexity index is 443. The van der Waals surface area contributed by atoms with E-state index >= 15 is 0 Å². The summed E-state index contributed by atoms with van der Waals surface area (Å²) in [5.41, 5.74) is 2.22. The first-order chi connectivity index (χ1) is 7.66. The molecular weight excluding hydrogens is 218 g/mol. The Labute approximate surface area is 99.9 Å². The maximum atomic E-state index is 4.62. The van der Waals surface area contributed by atoms with Crippen molar-refractivity contribution in [3.8, 4) is 10.6 Å². The number of imidazole rings is 1. The number of hydrogen-bond acceptors (Lipinski definition) is 3. The number of rotatable bonds is 4. The second kappa shape index (κ2) is 4.80. The summed E-state index contributed by atoms with van der Waals surface area (Å²) >= 11 is 1.72. The fourth-order valence-corrected chi connectivity index (χ4v) is 2.33. The van der Waals surface area contributed by atoms with Crippen LogP contribution in [0.4, 0.5) is 0 Å². The zero-order valence-corrected chi connectivity index (χ0v) is 10.7. The second-order valence-electron chi connectivity index (χ2n) is 4.17. The first-order valence-corrected chi connectivity index (χ1v) is 6.37. The number of aryl methyl sites for hydroxylation is 1. The van der Waals surface area contributed by atoms with Gasteiger partial charge in [-0.1, -0.05) is 19.9 Å². The lowest BCUT2D eigenvalue weighted by Gasteiger charge is -2.04. The van der Waals surface area contributed by atoms with Gasteiger partial charge in [-0.3, -0.25) is 0 Å². The van der Waals surface area contributed by atoms with Gasteiger partial charge in [-0.05, 0) is 18.4 Å². The molecule has 0 amide bonds. The molecule has 0 fully saturated rings. The molecule has 0 spiro atoms. The SMILES string of the molecule is Cc1[nH]c(CNC(C)C)nc1-c1cccs1. The van der Waals surface area contributed by atoms with Crippen LogP contribution in [0, 0.1) is 6.92 Å². The van der Waals surface area contributed by atoms with Crippen LogP contribution in [-0.4, -0.2) is 16.0 Å². The van der Waals surface area contributed by atoms with Crippen LogP contribution in [0.2, 0.25) is 0 Å². The molecule has 4 heteroatoms. The predicted octanol–water partition coefficient (Wildman–Crippen LogP) is 2.94. The number of H-pyrrole nitrogens is 1. The van der Waals surface area contributed by atoms with Crippen molar-refractivity contribution in [2.45, 2.75) is 33.4 Å². The first-order valence-electron chi connectivity index (χ1n) is 5.49. The molecular formula is C12H17N3S. The van der Waals surface area contributed by atoms with Gasteiger partial charge in [-0.2, -0.15) is 0 Å². The van der Waals surface area contributed by atoms with Crippen LogP contribution in [-0.2, 0) is 6.54 Å². The molecule has 0 unspecified atom stereocenters. The average molecular weight is 235 g/mol. The topological polar surface area (TPSA) is 40.7 Å². The summed E-state index contributed by atoms with van der Waals surface area (Å²) in [7, 11) is 0. The van der Waals surface area contributed by atoms with Gasteiger partial charge in [0.05, 0.1) is 11.4 Å². The van der Waals surface area contributed by atoms with Gasteiger partial charge < -0.3 is 10.3 Å². The highest BCUT2D eigenvalue weighted by Gasteiger charge is 2.09. The van der Waals surface area contributed by atoms with Crippen molar-refractivity contribution in [1.29, 1.82) is 0 Å². The Hall–Kier alpha value is -1.13. The maximum Gasteiger partial charge on any atom is 0.121 e. The molecule has 0 saturated heterocycles. The van der Waals surface area contributed by atoms with Gasteiger partial charge in [0.15, 0.2) is 0 Å².